The van der Waals surface area contributed by atoms with Crippen molar-refractivity contribution in [1.82, 2.24) is 29.5 Å². The Morgan fingerprint density at radius 3 is 2.97 bits per heavy atom. The number of hydrogen-bond donors (Lipinski definition) is 0. The second kappa shape index (κ2) is 8.52. The molecule has 0 N–H and O–H groups in total. The second-order valence-corrected chi connectivity index (χ2v) is 7.51. The van der Waals surface area contributed by atoms with Crippen molar-refractivity contribution in [3.8, 4) is 5.88 Å². The number of aryl methyl sites for hydroxylation is 1. The molecule has 160 valence electrons. The van der Waals surface area contributed by atoms with Crippen LogP contribution >= 0.6 is 11.6 Å². The molecule has 0 radical (unpaired) electrons. The standard InChI is InChI=1S/C18H22ClN7O4/c1-11-14-10-20-18(19)21-16(14)24(22-11)6-9-30-17-15(26(27)28)12(2)25(23-17)13-4-3-7-29-8-5-13/h10,13H,3-9H2,1-2H3. The van der Waals surface area contributed by atoms with E-state index >= 15 is 0 Å². The van der Waals surface area contributed by atoms with E-state index < -0.39 is 4.92 Å². The molecule has 4 rings (SSSR count). The van der Waals surface area contributed by atoms with Crippen molar-refractivity contribution in [2.24, 2.45) is 0 Å². The van der Waals surface area contributed by atoms with Gasteiger partial charge in [-0.25, -0.2) is 9.67 Å². The monoisotopic (exact) mass is 435 g/mol. The fourth-order valence-corrected chi connectivity index (χ4v) is 3.88. The third-order valence-corrected chi connectivity index (χ3v) is 5.41. The first kappa shape index (κ1) is 20.5. The van der Waals surface area contributed by atoms with Crippen LogP contribution in [0.15, 0.2) is 6.20 Å². The zero-order valence-corrected chi connectivity index (χ0v) is 17.5. The number of nitrogens with zero attached hydrogens (tertiary/aromatic N) is 7. The van der Waals surface area contributed by atoms with Gasteiger partial charge in [0.05, 0.1) is 28.6 Å². The number of nitro groups is 1. The minimum Gasteiger partial charge on any atom is -0.470 e. The summed E-state index contributed by atoms with van der Waals surface area (Å²) in [6.45, 7) is 5.34. The smallest absolute Gasteiger partial charge is 0.352 e. The molecule has 0 aromatic carbocycles. The van der Waals surface area contributed by atoms with E-state index in [1.165, 1.54) is 0 Å². The van der Waals surface area contributed by atoms with Gasteiger partial charge in [-0.3, -0.25) is 14.8 Å². The van der Waals surface area contributed by atoms with E-state index in [4.69, 9.17) is 21.1 Å². The van der Waals surface area contributed by atoms with Crippen LogP contribution in [0.5, 0.6) is 5.88 Å². The molecule has 0 bridgehead atoms. The van der Waals surface area contributed by atoms with E-state index in [9.17, 15) is 10.1 Å². The van der Waals surface area contributed by atoms with Gasteiger partial charge in [0.1, 0.15) is 12.3 Å². The summed E-state index contributed by atoms with van der Waals surface area (Å²) >= 11 is 5.90. The van der Waals surface area contributed by atoms with Crippen molar-refractivity contribution in [1.29, 1.82) is 0 Å². The zero-order valence-electron chi connectivity index (χ0n) is 16.7. The lowest BCUT2D eigenvalue weighted by atomic mass is 10.1. The summed E-state index contributed by atoms with van der Waals surface area (Å²) in [6, 6.07) is 0.0556. The Morgan fingerprint density at radius 1 is 1.33 bits per heavy atom. The van der Waals surface area contributed by atoms with Gasteiger partial charge in [0.15, 0.2) is 5.65 Å². The Morgan fingerprint density at radius 2 is 2.17 bits per heavy atom. The fourth-order valence-electron chi connectivity index (χ4n) is 3.75. The normalized spacial score (nSPS) is 17.2. The first-order chi connectivity index (χ1) is 14.5. The van der Waals surface area contributed by atoms with E-state index in [-0.39, 0.29) is 29.5 Å². The lowest BCUT2D eigenvalue weighted by molar-refractivity contribution is -0.386. The summed E-state index contributed by atoms with van der Waals surface area (Å²) in [6.07, 6.45) is 4.14. The number of aromatic nitrogens is 6. The van der Waals surface area contributed by atoms with Crippen LogP contribution < -0.4 is 4.74 Å². The number of ether oxygens (including phenoxy) is 2. The number of halogens is 1. The Labute approximate surface area is 177 Å². The highest BCUT2D eigenvalue weighted by Gasteiger charge is 2.30. The molecule has 1 fully saturated rings. The van der Waals surface area contributed by atoms with Crippen molar-refractivity contribution in [3.63, 3.8) is 0 Å². The molecule has 0 saturated carbocycles. The molecule has 1 unspecified atom stereocenters. The molecule has 0 spiro atoms. The van der Waals surface area contributed by atoms with Crippen molar-refractivity contribution < 1.29 is 14.4 Å². The summed E-state index contributed by atoms with van der Waals surface area (Å²) in [4.78, 5) is 19.4. The molecule has 4 heterocycles. The van der Waals surface area contributed by atoms with Crippen LogP contribution in [0.4, 0.5) is 5.69 Å². The van der Waals surface area contributed by atoms with Gasteiger partial charge in [-0.15, -0.1) is 5.10 Å². The van der Waals surface area contributed by atoms with Gasteiger partial charge in [0.25, 0.3) is 0 Å². The van der Waals surface area contributed by atoms with Crippen molar-refractivity contribution in [2.45, 2.75) is 45.7 Å². The molecule has 1 aliphatic rings. The van der Waals surface area contributed by atoms with Crippen LogP contribution in [0.1, 0.15) is 36.7 Å². The van der Waals surface area contributed by atoms with Crippen LogP contribution in [-0.4, -0.2) is 54.3 Å². The average molecular weight is 436 g/mol. The van der Waals surface area contributed by atoms with Gasteiger partial charge in [0.2, 0.25) is 5.28 Å². The number of fused-ring (bicyclic) bond motifs is 1. The van der Waals surface area contributed by atoms with Crippen LogP contribution in [0, 0.1) is 24.0 Å². The highest BCUT2D eigenvalue weighted by molar-refractivity contribution is 6.28. The molecule has 30 heavy (non-hydrogen) atoms. The Kier molecular flexibility index (Phi) is 5.82. The maximum absolute atomic E-state index is 11.7. The van der Waals surface area contributed by atoms with Crippen LogP contribution in [0.3, 0.4) is 0 Å². The summed E-state index contributed by atoms with van der Waals surface area (Å²) < 4.78 is 14.6. The average Bonchev–Trinajstić information content (AvgIpc) is 3.04. The zero-order chi connectivity index (χ0) is 21.3. The fraction of sp³-hybridized carbons (Fsp3) is 0.556. The molecule has 1 atom stereocenters. The quantitative estimate of drug-likeness (QED) is 0.329. The lowest BCUT2D eigenvalue weighted by Crippen LogP contribution is -2.13. The van der Waals surface area contributed by atoms with Gasteiger partial charge in [-0.05, 0) is 44.7 Å². The Bertz CT molecular complexity index is 1070. The minimum atomic E-state index is -0.443. The predicted molar refractivity (Wildman–Crippen MR) is 108 cm³/mol. The van der Waals surface area contributed by atoms with Crippen LogP contribution in [0.25, 0.3) is 11.0 Å². The summed E-state index contributed by atoms with van der Waals surface area (Å²) in [5.41, 5.74) is 1.74. The molecule has 0 amide bonds. The van der Waals surface area contributed by atoms with Crippen molar-refractivity contribution in [3.05, 3.63) is 33.0 Å². The molecular weight excluding hydrogens is 414 g/mol. The number of rotatable bonds is 6. The maximum Gasteiger partial charge on any atom is 0.352 e. The molecular formula is C18H22ClN7O4. The molecule has 12 heteroatoms. The van der Waals surface area contributed by atoms with Crippen LogP contribution in [-0.2, 0) is 11.3 Å². The second-order valence-electron chi connectivity index (χ2n) is 7.17. The van der Waals surface area contributed by atoms with Gasteiger partial charge >= 0.3 is 11.6 Å². The van der Waals surface area contributed by atoms with Crippen LogP contribution in [0.2, 0.25) is 5.28 Å². The lowest BCUT2D eigenvalue weighted by Gasteiger charge is -2.15. The van der Waals surface area contributed by atoms with Gasteiger partial charge in [-0.1, -0.05) is 0 Å². The SMILES string of the molecule is Cc1nn(CCOc2nn(C3CCCOCC3)c(C)c2[N+](=O)[O-])c2nc(Cl)ncc12. The predicted octanol–water partition coefficient (Wildman–Crippen LogP) is 3.02. The van der Waals surface area contributed by atoms with E-state index in [0.29, 0.717) is 31.1 Å². The molecule has 1 saturated heterocycles. The first-order valence-electron chi connectivity index (χ1n) is 9.75. The molecule has 1 aliphatic heterocycles. The third-order valence-electron chi connectivity index (χ3n) is 5.22. The summed E-state index contributed by atoms with van der Waals surface area (Å²) in [7, 11) is 0. The Hall–Kier alpha value is -2.79. The largest absolute Gasteiger partial charge is 0.470 e. The van der Waals surface area contributed by atoms with Gasteiger partial charge in [-0.2, -0.15) is 10.1 Å². The molecule has 3 aromatic rings. The topological polar surface area (TPSA) is 123 Å². The molecule has 3 aromatic heterocycles. The summed E-state index contributed by atoms with van der Waals surface area (Å²) in [5, 5.41) is 21.4. The van der Waals surface area contributed by atoms with E-state index in [2.05, 4.69) is 20.2 Å². The Balaban J connectivity index is 1.54. The first-order valence-corrected chi connectivity index (χ1v) is 10.1. The summed E-state index contributed by atoms with van der Waals surface area (Å²) in [5.74, 6) is 0.0171. The highest BCUT2D eigenvalue weighted by Crippen LogP contribution is 2.34. The van der Waals surface area contributed by atoms with Crippen molar-refractivity contribution >= 4 is 28.3 Å². The van der Waals surface area contributed by atoms with Gasteiger partial charge < -0.3 is 9.47 Å². The number of hydrogen-bond acceptors (Lipinski definition) is 8. The minimum absolute atomic E-state index is 0.0171. The molecule has 0 aliphatic carbocycles. The van der Waals surface area contributed by atoms with E-state index in [0.717, 1.165) is 30.3 Å². The van der Waals surface area contributed by atoms with E-state index in [1.807, 2.05) is 6.92 Å². The van der Waals surface area contributed by atoms with E-state index in [1.54, 1.807) is 22.5 Å². The third kappa shape index (κ3) is 3.94. The van der Waals surface area contributed by atoms with Crippen molar-refractivity contribution in [2.75, 3.05) is 19.8 Å². The van der Waals surface area contributed by atoms with Gasteiger partial charge in [0, 0.05) is 19.4 Å². The highest BCUT2D eigenvalue weighted by atomic mass is 35.5. The maximum atomic E-state index is 11.7. The molecule has 11 nitrogen and oxygen atoms in total.